The SMILES string of the molecule is COc1cccc(NC(=O)Cn2nc3nc(N4CCCCCC4)ccn3c2=O)c1. The van der Waals surface area contributed by atoms with Gasteiger partial charge in [-0.15, -0.1) is 5.10 Å². The van der Waals surface area contributed by atoms with Gasteiger partial charge in [-0.3, -0.25) is 4.79 Å². The molecule has 9 heteroatoms. The van der Waals surface area contributed by atoms with Crippen LogP contribution in [0.2, 0.25) is 0 Å². The zero-order valence-corrected chi connectivity index (χ0v) is 16.4. The van der Waals surface area contributed by atoms with E-state index in [2.05, 4.69) is 20.3 Å². The molecule has 1 amide bonds. The number of nitrogens with zero attached hydrogens (tertiary/aromatic N) is 5. The van der Waals surface area contributed by atoms with Crippen LogP contribution in [0.3, 0.4) is 0 Å². The van der Waals surface area contributed by atoms with Crippen molar-refractivity contribution in [3.05, 3.63) is 47.0 Å². The molecule has 1 aliphatic rings. The average Bonchev–Trinajstić information content (AvgIpc) is 2.91. The van der Waals surface area contributed by atoms with E-state index < -0.39 is 5.69 Å². The summed E-state index contributed by atoms with van der Waals surface area (Å²) in [7, 11) is 1.56. The van der Waals surface area contributed by atoms with Crippen LogP contribution in [0.1, 0.15) is 25.7 Å². The highest BCUT2D eigenvalue weighted by Crippen LogP contribution is 2.18. The number of aromatic nitrogens is 4. The number of carbonyl (C=O) groups is 1. The summed E-state index contributed by atoms with van der Waals surface area (Å²) in [6, 6.07) is 8.86. The molecule has 1 fully saturated rings. The molecule has 3 aromatic rings. The summed E-state index contributed by atoms with van der Waals surface area (Å²) in [5, 5.41) is 7.00. The molecule has 9 nitrogen and oxygen atoms in total. The van der Waals surface area contributed by atoms with Crippen molar-refractivity contribution in [2.75, 3.05) is 30.4 Å². The molecular formula is C20H24N6O3. The quantitative estimate of drug-likeness (QED) is 0.708. The van der Waals surface area contributed by atoms with Crippen LogP contribution in [0, 0.1) is 0 Å². The monoisotopic (exact) mass is 396 g/mol. The van der Waals surface area contributed by atoms with Crippen molar-refractivity contribution in [3.8, 4) is 5.75 Å². The molecule has 4 rings (SSSR count). The Morgan fingerprint density at radius 2 is 1.97 bits per heavy atom. The van der Waals surface area contributed by atoms with Crippen LogP contribution in [-0.2, 0) is 11.3 Å². The Kier molecular flexibility index (Phi) is 5.46. The normalized spacial score (nSPS) is 14.6. The molecule has 1 saturated heterocycles. The van der Waals surface area contributed by atoms with E-state index in [1.165, 1.54) is 17.2 Å². The fourth-order valence-electron chi connectivity index (χ4n) is 3.51. The highest BCUT2D eigenvalue weighted by atomic mass is 16.5. The molecule has 1 aliphatic heterocycles. The Labute approximate surface area is 167 Å². The van der Waals surface area contributed by atoms with Crippen LogP contribution in [0.15, 0.2) is 41.3 Å². The minimum absolute atomic E-state index is 0.196. The number of hydrogen-bond donors (Lipinski definition) is 1. The lowest BCUT2D eigenvalue weighted by atomic mass is 10.2. The van der Waals surface area contributed by atoms with Gasteiger partial charge in [0.05, 0.1) is 7.11 Å². The standard InChI is InChI=1S/C20H24N6O3/c1-29-16-8-6-7-15(13-16)21-18(27)14-26-20(28)25-12-9-17(22-19(25)23-26)24-10-4-2-3-5-11-24/h6-9,12-13H,2-5,10-11,14H2,1H3,(H,21,27). The second-order valence-corrected chi connectivity index (χ2v) is 7.08. The van der Waals surface area contributed by atoms with E-state index in [4.69, 9.17) is 4.74 Å². The number of rotatable bonds is 5. The number of anilines is 2. The maximum Gasteiger partial charge on any atom is 0.352 e. The number of nitrogens with one attached hydrogen (secondary N) is 1. The second-order valence-electron chi connectivity index (χ2n) is 7.08. The van der Waals surface area contributed by atoms with Crippen molar-refractivity contribution in [3.63, 3.8) is 0 Å². The molecule has 1 aromatic carbocycles. The van der Waals surface area contributed by atoms with E-state index in [1.807, 2.05) is 6.07 Å². The summed E-state index contributed by atoms with van der Waals surface area (Å²) in [4.78, 5) is 31.7. The largest absolute Gasteiger partial charge is 0.497 e. The van der Waals surface area contributed by atoms with Crippen molar-refractivity contribution in [2.24, 2.45) is 0 Å². The van der Waals surface area contributed by atoms with Gasteiger partial charge in [-0.25, -0.2) is 13.9 Å². The van der Waals surface area contributed by atoms with E-state index in [9.17, 15) is 9.59 Å². The van der Waals surface area contributed by atoms with Crippen molar-refractivity contribution >= 4 is 23.2 Å². The Balaban J connectivity index is 1.52. The number of fused-ring (bicyclic) bond motifs is 1. The molecular weight excluding hydrogens is 372 g/mol. The molecule has 0 atom stereocenters. The van der Waals surface area contributed by atoms with Gasteiger partial charge in [-0.2, -0.15) is 4.98 Å². The Hall–Kier alpha value is -3.36. The minimum atomic E-state index is -0.393. The van der Waals surface area contributed by atoms with Crippen LogP contribution >= 0.6 is 0 Å². The third kappa shape index (κ3) is 4.23. The number of methoxy groups -OCH3 is 1. The average molecular weight is 396 g/mol. The first-order chi connectivity index (χ1) is 14.1. The van der Waals surface area contributed by atoms with Gasteiger partial charge in [0.15, 0.2) is 0 Å². The van der Waals surface area contributed by atoms with Gasteiger partial charge >= 0.3 is 5.69 Å². The van der Waals surface area contributed by atoms with E-state index in [0.29, 0.717) is 17.2 Å². The summed E-state index contributed by atoms with van der Waals surface area (Å²) in [5.74, 6) is 1.40. The molecule has 0 unspecified atom stereocenters. The maximum absolute atomic E-state index is 12.6. The second kappa shape index (κ2) is 8.34. The van der Waals surface area contributed by atoms with Gasteiger partial charge in [0.1, 0.15) is 18.1 Å². The van der Waals surface area contributed by atoms with Crippen LogP contribution < -0.4 is 20.6 Å². The molecule has 3 heterocycles. The van der Waals surface area contributed by atoms with Crippen LogP contribution in [-0.4, -0.2) is 45.3 Å². The van der Waals surface area contributed by atoms with Crippen LogP contribution in [0.5, 0.6) is 5.75 Å². The van der Waals surface area contributed by atoms with Gasteiger partial charge in [0.2, 0.25) is 5.91 Å². The maximum atomic E-state index is 12.6. The highest BCUT2D eigenvalue weighted by Gasteiger charge is 2.16. The van der Waals surface area contributed by atoms with Gasteiger partial charge < -0.3 is 15.0 Å². The molecule has 1 N–H and O–H groups in total. The number of amides is 1. The van der Waals surface area contributed by atoms with Crippen molar-refractivity contribution in [1.29, 1.82) is 0 Å². The predicted octanol–water partition coefficient (Wildman–Crippen LogP) is 1.92. The molecule has 0 radical (unpaired) electrons. The lowest BCUT2D eigenvalue weighted by Gasteiger charge is -2.20. The van der Waals surface area contributed by atoms with Crippen molar-refractivity contribution in [2.45, 2.75) is 32.2 Å². The summed E-state index contributed by atoms with van der Waals surface area (Å²) in [6.45, 7) is 1.71. The summed E-state index contributed by atoms with van der Waals surface area (Å²) >= 11 is 0. The first-order valence-corrected chi connectivity index (χ1v) is 9.79. The lowest BCUT2D eigenvalue weighted by molar-refractivity contribution is -0.117. The minimum Gasteiger partial charge on any atom is -0.497 e. The Morgan fingerprint density at radius 3 is 2.72 bits per heavy atom. The molecule has 0 saturated carbocycles. The van der Waals surface area contributed by atoms with Crippen LogP contribution in [0.25, 0.3) is 5.78 Å². The molecule has 0 aliphatic carbocycles. The third-order valence-electron chi connectivity index (χ3n) is 5.02. The van der Waals surface area contributed by atoms with Gasteiger partial charge in [-0.05, 0) is 31.0 Å². The fourth-order valence-corrected chi connectivity index (χ4v) is 3.51. The first-order valence-electron chi connectivity index (χ1n) is 9.79. The third-order valence-corrected chi connectivity index (χ3v) is 5.02. The lowest BCUT2D eigenvalue weighted by Crippen LogP contribution is -2.28. The number of benzene rings is 1. The number of hydrogen-bond acceptors (Lipinski definition) is 6. The number of ether oxygens (including phenoxy) is 1. The molecule has 0 spiro atoms. The predicted molar refractivity (Wildman–Crippen MR) is 110 cm³/mol. The van der Waals surface area contributed by atoms with Gasteiger partial charge in [0.25, 0.3) is 5.78 Å². The highest BCUT2D eigenvalue weighted by molar-refractivity contribution is 5.90. The van der Waals surface area contributed by atoms with Gasteiger partial charge in [-0.1, -0.05) is 18.9 Å². The van der Waals surface area contributed by atoms with Gasteiger partial charge in [0, 0.05) is 31.0 Å². The molecule has 152 valence electrons. The molecule has 2 aromatic heterocycles. The van der Waals surface area contributed by atoms with E-state index in [-0.39, 0.29) is 12.5 Å². The zero-order chi connectivity index (χ0) is 20.2. The summed E-state index contributed by atoms with van der Waals surface area (Å²) < 4.78 is 7.64. The van der Waals surface area contributed by atoms with E-state index in [0.717, 1.165) is 36.4 Å². The molecule has 0 bridgehead atoms. The Bertz CT molecular complexity index is 1070. The van der Waals surface area contributed by atoms with E-state index >= 15 is 0 Å². The molecule has 29 heavy (non-hydrogen) atoms. The zero-order valence-electron chi connectivity index (χ0n) is 16.4. The summed E-state index contributed by atoms with van der Waals surface area (Å²) in [5.41, 5.74) is 0.198. The van der Waals surface area contributed by atoms with Crippen LogP contribution in [0.4, 0.5) is 11.5 Å². The van der Waals surface area contributed by atoms with E-state index in [1.54, 1.807) is 37.6 Å². The number of carbonyl (C=O) groups excluding carboxylic acids is 1. The smallest absolute Gasteiger partial charge is 0.352 e. The fraction of sp³-hybridized carbons (Fsp3) is 0.400. The van der Waals surface area contributed by atoms with Crippen molar-refractivity contribution < 1.29 is 9.53 Å². The Morgan fingerprint density at radius 1 is 1.17 bits per heavy atom. The first kappa shape index (κ1) is 19.0. The topological polar surface area (TPSA) is 93.8 Å². The van der Waals surface area contributed by atoms with Crippen molar-refractivity contribution in [1.82, 2.24) is 19.2 Å². The summed E-state index contributed by atoms with van der Waals surface area (Å²) in [6.07, 6.45) is 6.41.